The lowest BCUT2D eigenvalue weighted by Gasteiger charge is -2.32. The van der Waals surface area contributed by atoms with Crippen LogP contribution in [-0.4, -0.2) is 30.2 Å². The van der Waals surface area contributed by atoms with E-state index in [4.69, 9.17) is 9.47 Å². The second kappa shape index (κ2) is 9.40. The molecule has 0 aliphatic carbocycles. The molecular weight excluding hydrogens is 354 g/mol. The van der Waals surface area contributed by atoms with Crippen molar-refractivity contribution in [2.24, 2.45) is 0 Å². The van der Waals surface area contributed by atoms with E-state index in [-0.39, 0.29) is 12.2 Å². The Morgan fingerprint density at radius 3 is 1.29 bits per heavy atom. The van der Waals surface area contributed by atoms with Gasteiger partial charge in [0.05, 0.1) is 12.2 Å². The number of carbonyl (C=O) groups is 2. The maximum absolute atomic E-state index is 12.9. The first-order valence-electron chi connectivity index (χ1n) is 9.52. The molecule has 0 amide bonds. The van der Waals surface area contributed by atoms with Gasteiger partial charge >= 0.3 is 11.9 Å². The number of benzene rings is 2. The van der Waals surface area contributed by atoms with Crippen molar-refractivity contribution in [1.29, 1.82) is 0 Å². The zero-order chi connectivity index (χ0) is 20.8. The van der Waals surface area contributed by atoms with Crippen molar-refractivity contribution in [1.82, 2.24) is 0 Å². The fourth-order valence-corrected chi connectivity index (χ4v) is 2.76. The van der Waals surface area contributed by atoms with Crippen LogP contribution in [0.5, 0.6) is 0 Å². The molecule has 0 aliphatic heterocycles. The van der Waals surface area contributed by atoms with E-state index in [1.54, 1.807) is 32.6 Å². The minimum absolute atomic E-state index is 0.347. The van der Waals surface area contributed by atoms with Crippen LogP contribution in [0, 0.1) is 13.8 Å². The average Bonchev–Trinajstić information content (AvgIpc) is 2.60. The van der Waals surface area contributed by atoms with Gasteiger partial charge in [0.15, 0.2) is 0 Å². The minimum atomic E-state index is -1.24. The van der Waals surface area contributed by atoms with Crippen LogP contribution in [-0.2, 0) is 19.1 Å². The van der Waals surface area contributed by atoms with Crippen molar-refractivity contribution < 1.29 is 19.1 Å². The Morgan fingerprint density at radius 2 is 1.00 bits per heavy atom. The molecule has 0 unspecified atom stereocenters. The van der Waals surface area contributed by atoms with Gasteiger partial charge in [0.1, 0.15) is 0 Å². The third-order valence-corrected chi connectivity index (χ3v) is 4.03. The van der Waals surface area contributed by atoms with Crippen molar-refractivity contribution in [3.63, 3.8) is 0 Å². The summed E-state index contributed by atoms with van der Waals surface area (Å²) in [5.41, 5.74) is 3.58. The largest absolute Gasteiger partial charge is 0.461 e. The highest BCUT2D eigenvalue weighted by Gasteiger charge is 2.38. The molecular formula is C23H29NO4. The predicted octanol–water partition coefficient (Wildman–Crippen LogP) is 4.71. The molecule has 5 heteroatoms. The molecule has 0 saturated carbocycles. The maximum Gasteiger partial charge on any atom is 0.341 e. The van der Waals surface area contributed by atoms with Crippen molar-refractivity contribution in [2.45, 2.75) is 59.8 Å². The topological polar surface area (TPSA) is 55.8 Å². The summed E-state index contributed by atoms with van der Waals surface area (Å²) in [7, 11) is 0. The summed E-state index contributed by atoms with van der Waals surface area (Å²) in [6, 6.07) is 14.0. The highest BCUT2D eigenvalue weighted by Crippen LogP contribution is 2.30. The molecule has 0 saturated heterocycles. The van der Waals surface area contributed by atoms with E-state index >= 15 is 0 Å². The SMILES string of the molecule is Cc1ccc(N(c2ccc(C)cc2)C(C(=O)OC(C)C)C(=O)OC(C)C)cc1. The van der Waals surface area contributed by atoms with Gasteiger partial charge in [-0.15, -0.1) is 0 Å². The minimum Gasteiger partial charge on any atom is -0.461 e. The molecule has 2 aromatic rings. The van der Waals surface area contributed by atoms with E-state index in [0.29, 0.717) is 11.4 Å². The molecule has 0 aromatic heterocycles. The molecule has 150 valence electrons. The fraction of sp³-hybridized carbons (Fsp3) is 0.391. The van der Waals surface area contributed by atoms with Crippen molar-refractivity contribution in [2.75, 3.05) is 4.90 Å². The summed E-state index contributed by atoms with van der Waals surface area (Å²) in [4.78, 5) is 27.5. The quantitative estimate of drug-likeness (QED) is 0.512. The Morgan fingerprint density at radius 1 is 0.679 bits per heavy atom. The lowest BCUT2D eigenvalue weighted by atomic mass is 10.1. The molecule has 2 aromatic carbocycles. The third-order valence-electron chi connectivity index (χ3n) is 4.03. The summed E-state index contributed by atoms with van der Waals surface area (Å²) < 4.78 is 10.8. The normalized spacial score (nSPS) is 11.0. The molecule has 0 heterocycles. The molecule has 5 nitrogen and oxygen atoms in total. The number of anilines is 2. The van der Waals surface area contributed by atoms with Crippen molar-refractivity contribution in [3.8, 4) is 0 Å². The zero-order valence-electron chi connectivity index (χ0n) is 17.4. The Labute approximate surface area is 167 Å². The van der Waals surface area contributed by atoms with E-state index in [1.807, 2.05) is 62.4 Å². The number of rotatable bonds is 7. The Kier molecular flexibility index (Phi) is 7.21. The van der Waals surface area contributed by atoms with Crippen molar-refractivity contribution >= 4 is 23.3 Å². The van der Waals surface area contributed by atoms with Crippen LogP contribution in [0.2, 0.25) is 0 Å². The fourth-order valence-electron chi connectivity index (χ4n) is 2.76. The van der Waals surface area contributed by atoms with Gasteiger partial charge in [-0.05, 0) is 65.8 Å². The van der Waals surface area contributed by atoms with Crippen LogP contribution in [0.25, 0.3) is 0 Å². The number of ether oxygens (including phenoxy) is 2. The lowest BCUT2D eigenvalue weighted by molar-refractivity contribution is -0.160. The van der Waals surface area contributed by atoms with Crippen LogP contribution in [0.3, 0.4) is 0 Å². The van der Waals surface area contributed by atoms with Crippen LogP contribution in [0.15, 0.2) is 48.5 Å². The van der Waals surface area contributed by atoms with E-state index in [9.17, 15) is 9.59 Å². The van der Waals surface area contributed by atoms with Gasteiger partial charge in [-0.3, -0.25) is 0 Å². The Balaban J connectivity index is 2.58. The van der Waals surface area contributed by atoms with E-state index in [0.717, 1.165) is 11.1 Å². The molecule has 0 spiro atoms. The van der Waals surface area contributed by atoms with E-state index < -0.39 is 18.0 Å². The molecule has 0 atom stereocenters. The summed E-state index contributed by atoms with van der Waals surface area (Å²) in [6.07, 6.45) is -0.695. The second-order valence-electron chi connectivity index (χ2n) is 7.41. The van der Waals surface area contributed by atoms with Gasteiger partial charge in [-0.25, -0.2) is 9.59 Å². The van der Waals surface area contributed by atoms with Crippen LogP contribution < -0.4 is 4.90 Å². The molecule has 0 N–H and O–H groups in total. The summed E-state index contributed by atoms with van der Waals surface area (Å²) in [6.45, 7) is 11.0. The number of nitrogens with zero attached hydrogens (tertiary/aromatic N) is 1. The number of esters is 2. The monoisotopic (exact) mass is 383 g/mol. The molecule has 0 fully saturated rings. The van der Waals surface area contributed by atoms with E-state index in [1.165, 1.54) is 0 Å². The predicted molar refractivity (Wildman–Crippen MR) is 111 cm³/mol. The van der Waals surface area contributed by atoms with Gasteiger partial charge < -0.3 is 14.4 Å². The summed E-state index contributed by atoms with van der Waals surface area (Å²) >= 11 is 0. The first-order chi connectivity index (χ1) is 13.2. The molecule has 2 rings (SSSR count). The first kappa shape index (κ1) is 21.5. The van der Waals surface area contributed by atoms with Crippen molar-refractivity contribution in [3.05, 3.63) is 59.7 Å². The Hall–Kier alpha value is -2.82. The number of carbonyl (C=O) groups excluding carboxylic acids is 2. The summed E-state index contributed by atoms with van der Waals surface area (Å²) in [5, 5.41) is 0. The van der Waals surface area contributed by atoms with Crippen LogP contribution >= 0.6 is 0 Å². The number of hydrogen-bond donors (Lipinski definition) is 0. The van der Waals surface area contributed by atoms with E-state index in [2.05, 4.69) is 0 Å². The summed E-state index contributed by atoms with van der Waals surface area (Å²) in [5.74, 6) is -1.27. The Bertz CT molecular complexity index is 727. The smallest absolute Gasteiger partial charge is 0.341 e. The molecule has 0 bridgehead atoms. The molecule has 28 heavy (non-hydrogen) atoms. The molecule has 0 radical (unpaired) electrons. The average molecular weight is 383 g/mol. The van der Waals surface area contributed by atoms with Gasteiger partial charge in [-0.2, -0.15) is 0 Å². The first-order valence-corrected chi connectivity index (χ1v) is 9.52. The standard InChI is InChI=1S/C23H29NO4/c1-15(2)27-22(25)21(23(26)28-16(3)4)24(19-11-7-17(5)8-12-19)20-13-9-18(6)10-14-20/h7-16,21H,1-6H3. The van der Waals surface area contributed by atoms with Gasteiger partial charge in [0.2, 0.25) is 6.04 Å². The van der Waals surface area contributed by atoms with Gasteiger partial charge in [-0.1, -0.05) is 35.4 Å². The second-order valence-corrected chi connectivity index (χ2v) is 7.41. The maximum atomic E-state index is 12.9. The third kappa shape index (κ3) is 5.59. The molecule has 0 aliphatic rings. The highest BCUT2D eigenvalue weighted by atomic mass is 16.6. The number of aryl methyl sites for hydroxylation is 2. The number of hydrogen-bond acceptors (Lipinski definition) is 5. The van der Waals surface area contributed by atoms with Crippen LogP contribution in [0.4, 0.5) is 11.4 Å². The van der Waals surface area contributed by atoms with Gasteiger partial charge in [0.25, 0.3) is 0 Å². The van der Waals surface area contributed by atoms with Gasteiger partial charge in [0, 0.05) is 11.4 Å². The highest BCUT2D eigenvalue weighted by molar-refractivity contribution is 6.04. The zero-order valence-corrected chi connectivity index (χ0v) is 17.4. The lowest BCUT2D eigenvalue weighted by Crippen LogP contribution is -2.47. The van der Waals surface area contributed by atoms with Crippen LogP contribution in [0.1, 0.15) is 38.8 Å².